The fraction of sp³-hybridized carbons (Fsp3) is 0.0500. The van der Waals surface area contributed by atoms with Crippen molar-refractivity contribution in [1.29, 1.82) is 0 Å². The molecule has 0 saturated carbocycles. The third kappa shape index (κ3) is 4.47. The summed E-state index contributed by atoms with van der Waals surface area (Å²) in [6, 6.07) is 17.6. The molecule has 144 valence electrons. The van der Waals surface area contributed by atoms with Gasteiger partial charge in [-0.3, -0.25) is 9.52 Å². The number of halogens is 1. The third-order valence-corrected chi connectivity index (χ3v) is 5.27. The molecule has 0 aliphatic heterocycles. The van der Waals surface area contributed by atoms with Crippen LogP contribution in [-0.4, -0.2) is 21.4 Å². The van der Waals surface area contributed by atoms with Gasteiger partial charge in [0.15, 0.2) is 0 Å². The Morgan fingerprint density at radius 2 is 1.57 bits per heavy atom. The minimum absolute atomic E-state index is 0.0863. The topological polar surface area (TPSA) is 84.5 Å². The van der Waals surface area contributed by atoms with Crippen molar-refractivity contribution in [2.45, 2.75) is 4.90 Å². The minimum Gasteiger partial charge on any atom is -0.497 e. The molecular formula is C20H17FN2O4S. The molecule has 0 heterocycles. The SMILES string of the molecule is COc1ccc(NC(=O)c2ccc(S(=O)(=O)Nc3ccccc3F)cc2)cc1. The Balaban J connectivity index is 1.73. The fourth-order valence-corrected chi connectivity index (χ4v) is 3.48. The van der Waals surface area contributed by atoms with E-state index in [1.165, 1.54) is 42.5 Å². The number of amides is 1. The zero-order chi connectivity index (χ0) is 20.1. The quantitative estimate of drug-likeness (QED) is 0.658. The molecule has 0 radical (unpaired) electrons. The Kier molecular flexibility index (Phi) is 5.60. The van der Waals surface area contributed by atoms with Gasteiger partial charge in [0.25, 0.3) is 15.9 Å². The van der Waals surface area contributed by atoms with Crippen molar-refractivity contribution in [3.63, 3.8) is 0 Å². The van der Waals surface area contributed by atoms with Crippen LogP contribution in [0.2, 0.25) is 0 Å². The Labute approximate surface area is 162 Å². The smallest absolute Gasteiger partial charge is 0.261 e. The van der Waals surface area contributed by atoms with Crippen LogP contribution in [-0.2, 0) is 10.0 Å². The molecular weight excluding hydrogens is 383 g/mol. The van der Waals surface area contributed by atoms with E-state index in [0.29, 0.717) is 11.4 Å². The van der Waals surface area contributed by atoms with E-state index < -0.39 is 21.7 Å². The molecule has 3 aromatic rings. The number of nitrogens with one attached hydrogen (secondary N) is 2. The van der Waals surface area contributed by atoms with Gasteiger partial charge >= 0.3 is 0 Å². The van der Waals surface area contributed by atoms with Gasteiger partial charge in [0.1, 0.15) is 11.6 Å². The van der Waals surface area contributed by atoms with E-state index >= 15 is 0 Å². The van der Waals surface area contributed by atoms with Gasteiger partial charge in [0, 0.05) is 11.3 Å². The zero-order valence-electron chi connectivity index (χ0n) is 14.8. The first-order valence-electron chi connectivity index (χ1n) is 8.22. The molecule has 3 rings (SSSR count). The Morgan fingerprint density at radius 1 is 0.929 bits per heavy atom. The summed E-state index contributed by atoms with van der Waals surface area (Å²) in [7, 11) is -2.43. The van der Waals surface area contributed by atoms with Gasteiger partial charge < -0.3 is 10.1 Å². The zero-order valence-corrected chi connectivity index (χ0v) is 15.7. The van der Waals surface area contributed by atoms with Crippen molar-refractivity contribution in [1.82, 2.24) is 0 Å². The summed E-state index contributed by atoms with van der Waals surface area (Å²) in [4.78, 5) is 12.2. The van der Waals surface area contributed by atoms with Crippen molar-refractivity contribution >= 4 is 27.3 Å². The van der Waals surface area contributed by atoms with Crippen LogP contribution in [0.1, 0.15) is 10.4 Å². The van der Waals surface area contributed by atoms with Crippen molar-refractivity contribution in [2.24, 2.45) is 0 Å². The normalized spacial score (nSPS) is 10.9. The molecule has 28 heavy (non-hydrogen) atoms. The van der Waals surface area contributed by atoms with E-state index in [4.69, 9.17) is 4.74 Å². The van der Waals surface area contributed by atoms with E-state index in [-0.39, 0.29) is 16.1 Å². The number of ether oxygens (including phenoxy) is 1. The molecule has 6 nitrogen and oxygen atoms in total. The van der Waals surface area contributed by atoms with Crippen LogP contribution in [0.15, 0.2) is 77.7 Å². The molecule has 0 saturated heterocycles. The molecule has 3 aromatic carbocycles. The first kappa shape index (κ1) is 19.4. The number of anilines is 2. The molecule has 0 bridgehead atoms. The first-order chi connectivity index (χ1) is 13.4. The summed E-state index contributed by atoms with van der Waals surface area (Å²) in [6.07, 6.45) is 0. The highest BCUT2D eigenvalue weighted by atomic mass is 32.2. The van der Waals surface area contributed by atoms with Crippen LogP contribution < -0.4 is 14.8 Å². The summed E-state index contributed by atoms with van der Waals surface area (Å²) in [6.45, 7) is 0. The Morgan fingerprint density at radius 3 is 2.18 bits per heavy atom. The average Bonchev–Trinajstić information content (AvgIpc) is 2.70. The summed E-state index contributed by atoms with van der Waals surface area (Å²) in [5, 5.41) is 2.71. The second-order valence-electron chi connectivity index (χ2n) is 5.79. The molecule has 0 spiro atoms. The second-order valence-corrected chi connectivity index (χ2v) is 7.47. The Bertz CT molecular complexity index is 1080. The maximum atomic E-state index is 13.7. The monoisotopic (exact) mass is 400 g/mol. The number of para-hydroxylation sites is 1. The van der Waals surface area contributed by atoms with Crippen LogP contribution >= 0.6 is 0 Å². The van der Waals surface area contributed by atoms with Crippen LogP contribution in [0.5, 0.6) is 5.75 Å². The van der Waals surface area contributed by atoms with E-state index in [2.05, 4.69) is 10.0 Å². The summed E-state index contributed by atoms with van der Waals surface area (Å²) in [5.41, 5.74) is 0.702. The van der Waals surface area contributed by atoms with Crippen LogP contribution in [0.3, 0.4) is 0 Å². The number of methoxy groups -OCH3 is 1. The van der Waals surface area contributed by atoms with Gasteiger partial charge in [-0.25, -0.2) is 12.8 Å². The average molecular weight is 400 g/mol. The van der Waals surface area contributed by atoms with Crippen molar-refractivity contribution in [2.75, 3.05) is 17.1 Å². The Hall–Kier alpha value is -3.39. The number of hydrogen-bond donors (Lipinski definition) is 2. The predicted molar refractivity (Wildman–Crippen MR) is 105 cm³/mol. The molecule has 0 aromatic heterocycles. The van der Waals surface area contributed by atoms with Gasteiger partial charge in [0.2, 0.25) is 0 Å². The highest BCUT2D eigenvalue weighted by Gasteiger charge is 2.17. The highest BCUT2D eigenvalue weighted by molar-refractivity contribution is 7.92. The van der Waals surface area contributed by atoms with Crippen LogP contribution in [0.4, 0.5) is 15.8 Å². The van der Waals surface area contributed by atoms with Crippen molar-refractivity contribution in [3.05, 3.63) is 84.2 Å². The lowest BCUT2D eigenvalue weighted by Crippen LogP contribution is -2.15. The maximum absolute atomic E-state index is 13.7. The van der Waals surface area contributed by atoms with Crippen molar-refractivity contribution in [3.8, 4) is 5.75 Å². The number of hydrogen-bond acceptors (Lipinski definition) is 4. The number of carbonyl (C=O) groups is 1. The lowest BCUT2D eigenvalue weighted by Gasteiger charge is -2.10. The lowest BCUT2D eigenvalue weighted by atomic mass is 10.2. The van der Waals surface area contributed by atoms with Gasteiger partial charge in [-0.15, -0.1) is 0 Å². The number of carbonyl (C=O) groups excluding carboxylic acids is 1. The molecule has 8 heteroatoms. The fourth-order valence-electron chi connectivity index (χ4n) is 2.41. The minimum atomic E-state index is -3.98. The molecule has 1 amide bonds. The molecule has 0 aliphatic carbocycles. The molecule has 0 aliphatic rings. The molecule has 0 fully saturated rings. The summed E-state index contributed by atoms with van der Waals surface area (Å²) >= 11 is 0. The molecule has 2 N–H and O–H groups in total. The van der Waals surface area contributed by atoms with Crippen LogP contribution in [0.25, 0.3) is 0 Å². The summed E-state index contributed by atoms with van der Waals surface area (Å²) < 4.78 is 45.7. The summed E-state index contributed by atoms with van der Waals surface area (Å²) in [5.74, 6) is -0.410. The lowest BCUT2D eigenvalue weighted by molar-refractivity contribution is 0.102. The van der Waals surface area contributed by atoms with E-state index in [1.807, 2.05) is 0 Å². The number of rotatable bonds is 6. The standard InChI is InChI=1S/C20H17FN2O4S/c1-27-16-10-8-15(9-11-16)22-20(24)14-6-12-17(13-7-14)28(25,26)23-19-5-3-2-4-18(19)21/h2-13,23H,1H3,(H,22,24). The van der Waals surface area contributed by atoms with Crippen LogP contribution in [0, 0.1) is 5.82 Å². The first-order valence-corrected chi connectivity index (χ1v) is 9.70. The molecule has 0 atom stereocenters. The second kappa shape index (κ2) is 8.10. The third-order valence-electron chi connectivity index (χ3n) is 3.89. The highest BCUT2D eigenvalue weighted by Crippen LogP contribution is 2.20. The molecule has 0 unspecified atom stereocenters. The number of benzene rings is 3. The largest absolute Gasteiger partial charge is 0.497 e. The van der Waals surface area contributed by atoms with Gasteiger partial charge in [0.05, 0.1) is 17.7 Å². The van der Waals surface area contributed by atoms with Gasteiger partial charge in [-0.1, -0.05) is 12.1 Å². The maximum Gasteiger partial charge on any atom is 0.261 e. The van der Waals surface area contributed by atoms with Gasteiger partial charge in [-0.05, 0) is 60.7 Å². The van der Waals surface area contributed by atoms with E-state index in [9.17, 15) is 17.6 Å². The number of sulfonamides is 1. The van der Waals surface area contributed by atoms with Crippen molar-refractivity contribution < 1.29 is 22.3 Å². The van der Waals surface area contributed by atoms with Gasteiger partial charge in [-0.2, -0.15) is 0 Å². The van der Waals surface area contributed by atoms with E-state index in [0.717, 1.165) is 6.07 Å². The van der Waals surface area contributed by atoms with E-state index in [1.54, 1.807) is 31.4 Å². The predicted octanol–water partition coefficient (Wildman–Crippen LogP) is 3.89.